The highest BCUT2D eigenvalue weighted by Crippen LogP contribution is 2.33. The fraction of sp³-hybridized carbons (Fsp3) is 0.333. The normalized spacial score (nSPS) is 24.9. The molecule has 2 unspecified atom stereocenters. The molecule has 0 saturated carbocycles. The molecule has 2 atom stereocenters. The molecular weight excluding hydrogens is 200 g/mol. The van der Waals surface area contributed by atoms with E-state index < -0.39 is 24.0 Å². The lowest BCUT2D eigenvalue weighted by Crippen LogP contribution is -2.19. The summed E-state index contributed by atoms with van der Waals surface area (Å²) in [7, 11) is 0. The van der Waals surface area contributed by atoms with Crippen LogP contribution in [0.2, 0.25) is 0 Å². The summed E-state index contributed by atoms with van der Waals surface area (Å²) in [6, 6.07) is 1.61. The number of carbonyl (C=O) groups is 2. The first-order valence-corrected chi connectivity index (χ1v) is 4.37. The first-order valence-electron chi connectivity index (χ1n) is 4.37. The van der Waals surface area contributed by atoms with Gasteiger partial charge in [0.05, 0.1) is 6.42 Å². The number of rotatable bonds is 2. The van der Waals surface area contributed by atoms with Crippen molar-refractivity contribution in [3.63, 3.8) is 0 Å². The van der Waals surface area contributed by atoms with E-state index in [-0.39, 0.29) is 12.2 Å². The van der Waals surface area contributed by atoms with Crippen LogP contribution in [0.1, 0.15) is 18.3 Å². The van der Waals surface area contributed by atoms with Crippen molar-refractivity contribution < 1.29 is 19.4 Å². The monoisotopic (exact) mass is 208 g/mol. The van der Waals surface area contributed by atoms with Gasteiger partial charge in [-0.25, -0.2) is 9.97 Å². The Morgan fingerprint density at radius 2 is 2.13 bits per heavy atom. The van der Waals surface area contributed by atoms with Gasteiger partial charge in [0, 0.05) is 12.4 Å². The zero-order valence-electron chi connectivity index (χ0n) is 7.66. The molecule has 0 radical (unpaired) electrons. The Balaban J connectivity index is 2.28. The average molecular weight is 208 g/mol. The Kier molecular flexibility index (Phi) is 2.32. The minimum absolute atomic E-state index is 0.127. The molecule has 0 bridgehead atoms. The molecule has 78 valence electrons. The van der Waals surface area contributed by atoms with Crippen molar-refractivity contribution in [3.8, 4) is 0 Å². The fourth-order valence-corrected chi connectivity index (χ4v) is 1.47. The van der Waals surface area contributed by atoms with Crippen LogP contribution in [0.3, 0.4) is 0 Å². The Morgan fingerprint density at radius 3 is 2.73 bits per heavy atom. The van der Waals surface area contributed by atoms with E-state index in [1.54, 1.807) is 6.07 Å². The molecule has 1 aliphatic rings. The van der Waals surface area contributed by atoms with E-state index in [2.05, 4.69) is 9.97 Å². The summed E-state index contributed by atoms with van der Waals surface area (Å²) in [5.41, 5.74) is 0. The molecule has 1 aromatic heterocycles. The second-order valence-electron chi connectivity index (χ2n) is 3.17. The minimum Gasteiger partial charge on any atom is -0.481 e. The van der Waals surface area contributed by atoms with Crippen LogP contribution in [0.4, 0.5) is 0 Å². The first-order chi connectivity index (χ1) is 7.18. The van der Waals surface area contributed by atoms with Crippen LogP contribution in [0.25, 0.3) is 0 Å². The second kappa shape index (κ2) is 3.64. The number of carboxylic acid groups (broad SMARTS) is 1. The van der Waals surface area contributed by atoms with Gasteiger partial charge in [-0.05, 0) is 6.07 Å². The molecule has 1 N–H and O–H groups in total. The Bertz CT molecular complexity index is 392. The van der Waals surface area contributed by atoms with E-state index >= 15 is 0 Å². The second-order valence-corrected chi connectivity index (χ2v) is 3.17. The molecule has 2 rings (SSSR count). The van der Waals surface area contributed by atoms with Crippen LogP contribution in [-0.4, -0.2) is 27.0 Å². The van der Waals surface area contributed by atoms with Crippen molar-refractivity contribution >= 4 is 11.9 Å². The number of nitrogens with zero attached hydrogens (tertiary/aromatic N) is 2. The van der Waals surface area contributed by atoms with Crippen LogP contribution in [-0.2, 0) is 14.3 Å². The summed E-state index contributed by atoms with van der Waals surface area (Å²) in [6.45, 7) is 0. The van der Waals surface area contributed by atoms with Gasteiger partial charge in [-0.1, -0.05) is 0 Å². The molecule has 6 heteroatoms. The number of ether oxygens (including phenoxy) is 1. The molecule has 15 heavy (non-hydrogen) atoms. The van der Waals surface area contributed by atoms with Crippen LogP contribution in [0.15, 0.2) is 18.5 Å². The molecule has 0 amide bonds. The molecule has 0 spiro atoms. The van der Waals surface area contributed by atoms with Crippen molar-refractivity contribution in [3.05, 3.63) is 24.3 Å². The molecule has 0 aliphatic carbocycles. The highest BCUT2D eigenvalue weighted by Gasteiger charge is 2.42. The molecule has 6 nitrogen and oxygen atoms in total. The number of carbonyl (C=O) groups excluding carboxylic acids is 1. The highest BCUT2D eigenvalue weighted by atomic mass is 16.6. The third-order valence-electron chi connectivity index (χ3n) is 2.17. The lowest BCUT2D eigenvalue weighted by Gasteiger charge is -2.11. The zero-order chi connectivity index (χ0) is 10.8. The summed E-state index contributed by atoms with van der Waals surface area (Å²) in [5.74, 6) is -2.26. The van der Waals surface area contributed by atoms with Crippen LogP contribution in [0.5, 0.6) is 0 Å². The largest absolute Gasteiger partial charge is 0.481 e. The van der Waals surface area contributed by atoms with Crippen molar-refractivity contribution in [2.45, 2.75) is 12.5 Å². The van der Waals surface area contributed by atoms with Gasteiger partial charge in [-0.3, -0.25) is 9.59 Å². The SMILES string of the molecule is O=C1CC(C(=O)O)C(c2ncccn2)O1. The Morgan fingerprint density at radius 1 is 1.47 bits per heavy atom. The molecule has 1 aromatic rings. The summed E-state index contributed by atoms with van der Waals surface area (Å²) in [6.07, 6.45) is 1.97. The van der Waals surface area contributed by atoms with Crippen molar-refractivity contribution in [2.24, 2.45) is 5.92 Å². The molecule has 1 fully saturated rings. The quantitative estimate of drug-likeness (QED) is 0.696. The van der Waals surface area contributed by atoms with Gasteiger partial charge in [-0.2, -0.15) is 0 Å². The predicted molar refractivity (Wildman–Crippen MR) is 46.6 cm³/mol. The maximum atomic E-state index is 11.0. The van der Waals surface area contributed by atoms with Gasteiger partial charge in [0.2, 0.25) is 0 Å². The van der Waals surface area contributed by atoms with E-state index in [9.17, 15) is 9.59 Å². The number of aliphatic carboxylic acids is 1. The van der Waals surface area contributed by atoms with Crippen molar-refractivity contribution in [1.82, 2.24) is 9.97 Å². The van der Waals surface area contributed by atoms with Gasteiger partial charge >= 0.3 is 11.9 Å². The number of cyclic esters (lactones) is 1. The highest BCUT2D eigenvalue weighted by molar-refractivity contribution is 5.82. The third-order valence-corrected chi connectivity index (χ3v) is 2.17. The van der Waals surface area contributed by atoms with Gasteiger partial charge in [0.1, 0.15) is 5.92 Å². The average Bonchev–Trinajstić information content (AvgIpc) is 2.62. The van der Waals surface area contributed by atoms with Gasteiger partial charge in [-0.15, -0.1) is 0 Å². The van der Waals surface area contributed by atoms with Gasteiger partial charge < -0.3 is 9.84 Å². The summed E-state index contributed by atoms with van der Waals surface area (Å²) in [5, 5.41) is 8.87. The lowest BCUT2D eigenvalue weighted by atomic mass is 10.0. The van der Waals surface area contributed by atoms with E-state index in [1.165, 1.54) is 12.4 Å². The molecular formula is C9H8N2O4. The van der Waals surface area contributed by atoms with Gasteiger partial charge in [0.15, 0.2) is 11.9 Å². The summed E-state index contributed by atoms with van der Waals surface area (Å²) < 4.78 is 4.88. The number of hydrogen-bond donors (Lipinski definition) is 1. The van der Waals surface area contributed by atoms with E-state index in [4.69, 9.17) is 9.84 Å². The van der Waals surface area contributed by atoms with E-state index in [0.29, 0.717) is 0 Å². The number of esters is 1. The van der Waals surface area contributed by atoms with E-state index in [1.807, 2.05) is 0 Å². The number of carboxylic acids is 1. The molecule has 1 aliphatic heterocycles. The smallest absolute Gasteiger partial charge is 0.311 e. The number of hydrogen-bond acceptors (Lipinski definition) is 5. The molecule has 0 aromatic carbocycles. The molecule has 1 saturated heterocycles. The summed E-state index contributed by atoms with van der Waals surface area (Å²) >= 11 is 0. The third kappa shape index (κ3) is 1.78. The van der Waals surface area contributed by atoms with Crippen LogP contribution < -0.4 is 0 Å². The maximum absolute atomic E-state index is 11.0. The Labute approximate surface area is 84.9 Å². The standard InChI is InChI=1S/C9H8N2O4/c12-6-4-5(9(13)14)7(15-6)8-10-2-1-3-11-8/h1-3,5,7H,4H2,(H,13,14). The van der Waals surface area contributed by atoms with E-state index in [0.717, 1.165) is 0 Å². The zero-order valence-corrected chi connectivity index (χ0v) is 7.66. The van der Waals surface area contributed by atoms with Crippen LogP contribution >= 0.6 is 0 Å². The van der Waals surface area contributed by atoms with Crippen molar-refractivity contribution in [2.75, 3.05) is 0 Å². The first kappa shape index (κ1) is 9.57. The lowest BCUT2D eigenvalue weighted by molar-refractivity contribution is -0.145. The number of aromatic nitrogens is 2. The van der Waals surface area contributed by atoms with Gasteiger partial charge in [0.25, 0.3) is 0 Å². The maximum Gasteiger partial charge on any atom is 0.311 e. The molecule has 2 heterocycles. The summed E-state index contributed by atoms with van der Waals surface area (Å²) in [4.78, 5) is 29.6. The van der Waals surface area contributed by atoms with Crippen molar-refractivity contribution in [1.29, 1.82) is 0 Å². The topological polar surface area (TPSA) is 89.4 Å². The van der Waals surface area contributed by atoms with Crippen LogP contribution in [0, 0.1) is 5.92 Å². The predicted octanol–water partition coefficient (Wildman–Crippen LogP) is 0.165. The Hall–Kier alpha value is -1.98. The fourth-order valence-electron chi connectivity index (χ4n) is 1.47. The minimum atomic E-state index is -1.07.